The molecule has 0 bridgehead atoms. The average Bonchev–Trinajstić information content (AvgIpc) is 3.05. The molecule has 0 aliphatic carbocycles. The molecular formula is C20H13N3. The summed E-state index contributed by atoms with van der Waals surface area (Å²) >= 11 is 0. The fourth-order valence-corrected chi connectivity index (χ4v) is 2.66. The van der Waals surface area contributed by atoms with Gasteiger partial charge in [-0.25, -0.2) is 4.98 Å². The SMILES string of the molecule is N#Cc1ccc2nc(-c3ccc(-c4ccccc4)cc3)cn2c1. The van der Waals surface area contributed by atoms with Gasteiger partial charge in [0.2, 0.25) is 0 Å². The zero-order valence-corrected chi connectivity index (χ0v) is 12.3. The van der Waals surface area contributed by atoms with Crippen LogP contribution >= 0.6 is 0 Å². The minimum Gasteiger partial charge on any atom is -0.305 e. The van der Waals surface area contributed by atoms with Gasteiger partial charge in [-0.2, -0.15) is 5.26 Å². The maximum Gasteiger partial charge on any atom is 0.137 e. The monoisotopic (exact) mass is 295 g/mol. The van der Waals surface area contributed by atoms with E-state index in [-0.39, 0.29) is 0 Å². The minimum absolute atomic E-state index is 0.626. The van der Waals surface area contributed by atoms with Crippen LogP contribution in [0.4, 0.5) is 0 Å². The molecule has 4 rings (SSSR count). The Balaban J connectivity index is 1.72. The molecular weight excluding hydrogens is 282 g/mol. The molecule has 0 fully saturated rings. The van der Waals surface area contributed by atoms with Gasteiger partial charge in [0, 0.05) is 18.0 Å². The van der Waals surface area contributed by atoms with Crippen LogP contribution in [0, 0.1) is 11.3 Å². The van der Waals surface area contributed by atoms with E-state index in [1.165, 1.54) is 11.1 Å². The number of hydrogen-bond acceptors (Lipinski definition) is 2. The van der Waals surface area contributed by atoms with E-state index in [0.29, 0.717) is 5.56 Å². The Hall–Kier alpha value is -3.38. The van der Waals surface area contributed by atoms with E-state index in [2.05, 4.69) is 47.5 Å². The zero-order valence-electron chi connectivity index (χ0n) is 12.3. The summed E-state index contributed by atoms with van der Waals surface area (Å²) in [6.45, 7) is 0. The van der Waals surface area contributed by atoms with Crippen molar-refractivity contribution in [2.24, 2.45) is 0 Å². The van der Waals surface area contributed by atoms with Gasteiger partial charge >= 0.3 is 0 Å². The number of aromatic nitrogens is 2. The van der Waals surface area contributed by atoms with Crippen LogP contribution in [0.25, 0.3) is 28.0 Å². The number of fused-ring (bicyclic) bond motifs is 1. The van der Waals surface area contributed by atoms with E-state index < -0.39 is 0 Å². The quantitative estimate of drug-likeness (QED) is 0.544. The Morgan fingerprint density at radius 2 is 1.43 bits per heavy atom. The number of benzene rings is 2. The van der Waals surface area contributed by atoms with Crippen molar-refractivity contribution in [3.05, 3.63) is 84.7 Å². The Kier molecular flexibility index (Phi) is 3.14. The van der Waals surface area contributed by atoms with Crippen molar-refractivity contribution in [1.29, 1.82) is 5.26 Å². The maximum absolute atomic E-state index is 8.98. The second-order valence-corrected chi connectivity index (χ2v) is 5.36. The zero-order chi connectivity index (χ0) is 15.6. The molecule has 0 spiro atoms. The average molecular weight is 295 g/mol. The fraction of sp³-hybridized carbons (Fsp3) is 0. The molecule has 0 N–H and O–H groups in total. The van der Waals surface area contributed by atoms with E-state index in [1.807, 2.05) is 34.9 Å². The molecule has 0 unspecified atom stereocenters. The number of imidazole rings is 1. The summed E-state index contributed by atoms with van der Waals surface area (Å²) in [5, 5.41) is 8.98. The lowest BCUT2D eigenvalue weighted by atomic mass is 10.0. The third-order valence-electron chi connectivity index (χ3n) is 3.87. The summed E-state index contributed by atoms with van der Waals surface area (Å²) in [5.41, 5.74) is 5.82. The van der Waals surface area contributed by atoms with Gasteiger partial charge in [0.05, 0.1) is 11.3 Å². The Labute approximate surface area is 134 Å². The van der Waals surface area contributed by atoms with Gasteiger partial charge in [-0.3, -0.25) is 0 Å². The molecule has 0 aliphatic heterocycles. The molecule has 4 aromatic rings. The van der Waals surface area contributed by atoms with Crippen LogP contribution in [0.3, 0.4) is 0 Å². The van der Waals surface area contributed by atoms with E-state index in [4.69, 9.17) is 5.26 Å². The predicted molar refractivity (Wildman–Crippen MR) is 90.8 cm³/mol. The standard InChI is InChI=1S/C20H13N3/c21-12-15-6-11-20-22-19(14-23(20)13-15)18-9-7-17(8-10-18)16-4-2-1-3-5-16/h1-11,13-14H. The number of hydrogen-bond donors (Lipinski definition) is 0. The third kappa shape index (κ3) is 2.47. The highest BCUT2D eigenvalue weighted by atomic mass is 15.0. The van der Waals surface area contributed by atoms with Crippen molar-refractivity contribution in [3.8, 4) is 28.5 Å². The lowest BCUT2D eigenvalue weighted by Gasteiger charge is -2.02. The maximum atomic E-state index is 8.98. The van der Waals surface area contributed by atoms with Crippen LogP contribution in [-0.4, -0.2) is 9.38 Å². The van der Waals surface area contributed by atoms with E-state index in [0.717, 1.165) is 16.9 Å². The van der Waals surface area contributed by atoms with Crippen LogP contribution in [0.5, 0.6) is 0 Å². The highest BCUT2D eigenvalue weighted by Gasteiger charge is 2.05. The van der Waals surface area contributed by atoms with Gasteiger partial charge in [0.15, 0.2) is 0 Å². The van der Waals surface area contributed by atoms with Gasteiger partial charge in [0.25, 0.3) is 0 Å². The highest BCUT2D eigenvalue weighted by Crippen LogP contribution is 2.24. The molecule has 3 nitrogen and oxygen atoms in total. The molecule has 3 heteroatoms. The van der Waals surface area contributed by atoms with Gasteiger partial charge in [-0.15, -0.1) is 0 Å². The first-order valence-electron chi connectivity index (χ1n) is 7.38. The fourth-order valence-electron chi connectivity index (χ4n) is 2.66. The summed E-state index contributed by atoms with van der Waals surface area (Å²) in [4.78, 5) is 4.61. The molecule has 108 valence electrons. The molecule has 0 aliphatic rings. The van der Waals surface area contributed by atoms with E-state index >= 15 is 0 Å². The van der Waals surface area contributed by atoms with E-state index in [9.17, 15) is 0 Å². The summed E-state index contributed by atoms with van der Waals surface area (Å²) in [6.07, 6.45) is 3.75. The predicted octanol–water partition coefficient (Wildman–Crippen LogP) is 4.54. The van der Waals surface area contributed by atoms with Crippen molar-refractivity contribution >= 4 is 5.65 Å². The molecule has 2 aromatic heterocycles. The largest absolute Gasteiger partial charge is 0.305 e. The lowest BCUT2D eigenvalue weighted by Crippen LogP contribution is -1.83. The van der Waals surface area contributed by atoms with Crippen molar-refractivity contribution in [1.82, 2.24) is 9.38 Å². The van der Waals surface area contributed by atoms with E-state index in [1.54, 1.807) is 12.3 Å². The van der Waals surface area contributed by atoms with Crippen molar-refractivity contribution in [2.45, 2.75) is 0 Å². The highest BCUT2D eigenvalue weighted by molar-refractivity contribution is 5.69. The summed E-state index contributed by atoms with van der Waals surface area (Å²) in [6, 6.07) is 24.5. The molecule has 2 aromatic carbocycles. The first-order valence-corrected chi connectivity index (χ1v) is 7.38. The Morgan fingerprint density at radius 3 is 2.17 bits per heavy atom. The lowest BCUT2D eigenvalue weighted by molar-refractivity contribution is 1.17. The molecule has 0 amide bonds. The smallest absolute Gasteiger partial charge is 0.137 e. The topological polar surface area (TPSA) is 41.1 Å². The van der Waals surface area contributed by atoms with Gasteiger partial charge in [0.1, 0.15) is 11.7 Å². The molecule has 0 saturated heterocycles. The number of nitriles is 1. The second kappa shape index (κ2) is 5.43. The first kappa shape index (κ1) is 13.3. The molecule has 2 heterocycles. The first-order chi connectivity index (χ1) is 11.3. The number of rotatable bonds is 2. The second-order valence-electron chi connectivity index (χ2n) is 5.36. The van der Waals surface area contributed by atoms with Crippen LogP contribution in [0.1, 0.15) is 5.56 Å². The van der Waals surface area contributed by atoms with Gasteiger partial charge in [-0.05, 0) is 23.3 Å². The third-order valence-corrected chi connectivity index (χ3v) is 3.87. The molecule has 23 heavy (non-hydrogen) atoms. The Bertz CT molecular complexity index is 1010. The number of nitrogens with zero attached hydrogens (tertiary/aromatic N) is 3. The van der Waals surface area contributed by atoms with Crippen molar-refractivity contribution in [3.63, 3.8) is 0 Å². The van der Waals surface area contributed by atoms with Crippen LogP contribution in [0.15, 0.2) is 79.1 Å². The van der Waals surface area contributed by atoms with Gasteiger partial charge in [-0.1, -0.05) is 54.6 Å². The summed E-state index contributed by atoms with van der Waals surface area (Å²) < 4.78 is 1.89. The minimum atomic E-state index is 0.626. The van der Waals surface area contributed by atoms with Crippen LogP contribution < -0.4 is 0 Å². The number of pyridine rings is 1. The van der Waals surface area contributed by atoms with Crippen molar-refractivity contribution < 1.29 is 0 Å². The van der Waals surface area contributed by atoms with Crippen LogP contribution in [-0.2, 0) is 0 Å². The Morgan fingerprint density at radius 1 is 0.739 bits per heavy atom. The van der Waals surface area contributed by atoms with Gasteiger partial charge < -0.3 is 4.40 Å². The molecule has 0 saturated carbocycles. The molecule has 0 atom stereocenters. The van der Waals surface area contributed by atoms with Crippen LogP contribution in [0.2, 0.25) is 0 Å². The summed E-state index contributed by atoms with van der Waals surface area (Å²) in [7, 11) is 0. The normalized spacial score (nSPS) is 10.6. The van der Waals surface area contributed by atoms with Crippen molar-refractivity contribution in [2.75, 3.05) is 0 Å². The molecule has 0 radical (unpaired) electrons. The summed E-state index contributed by atoms with van der Waals surface area (Å²) in [5.74, 6) is 0.